The Labute approximate surface area is 195 Å². The summed E-state index contributed by atoms with van der Waals surface area (Å²) in [4.78, 5) is 4.30. The third-order valence-electron chi connectivity index (χ3n) is 5.08. The van der Waals surface area contributed by atoms with Gasteiger partial charge in [-0.25, -0.2) is 0 Å². The molecule has 0 aliphatic heterocycles. The molecule has 0 unspecified atom stereocenters. The molecule has 30 heavy (non-hydrogen) atoms. The summed E-state index contributed by atoms with van der Waals surface area (Å²) in [5.41, 5.74) is 2.81. The van der Waals surface area contributed by atoms with Crippen molar-refractivity contribution in [2.24, 2.45) is 4.99 Å². The van der Waals surface area contributed by atoms with E-state index < -0.39 is 0 Å². The molecule has 3 rings (SSSR count). The van der Waals surface area contributed by atoms with E-state index in [2.05, 4.69) is 21.7 Å². The number of hydrogen-bond acceptors (Lipinski definition) is 4. The summed E-state index contributed by atoms with van der Waals surface area (Å²) in [5.74, 6) is 2.37. The van der Waals surface area contributed by atoms with Crippen LogP contribution in [0, 0.1) is 11.3 Å². The lowest BCUT2D eigenvalue weighted by atomic mass is 10.1. The fourth-order valence-electron chi connectivity index (χ4n) is 3.39. The third-order valence-corrected chi connectivity index (χ3v) is 5.08. The number of benzene rings is 2. The summed E-state index contributed by atoms with van der Waals surface area (Å²) in [6.45, 7) is 1.22. The second-order valence-corrected chi connectivity index (χ2v) is 7.09. The van der Waals surface area contributed by atoms with Crippen LogP contribution in [0.4, 0.5) is 0 Å². The first-order valence-corrected chi connectivity index (χ1v) is 9.99. The van der Waals surface area contributed by atoms with Crippen LogP contribution >= 0.6 is 24.0 Å². The number of hydrogen-bond donors (Lipinski definition) is 2. The first-order valence-electron chi connectivity index (χ1n) is 9.99. The minimum Gasteiger partial charge on any atom is -0.497 e. The molecule has 0 saturated heterocycles. The van der Waals surface area contributed by atoms with Gasteiger partial charge in [-0.1, -0.05) is 12.1 Å². The topological polar surface area (TPSA) is 78.7 Å². The van der Waals surface area contributed by atoms with E-state index in [9.17, 15) is 0 Å². The average molecular weight is 520 g/mol. The molecule has 7 heteroatoms. The Kier molecular flexibility index (Phi) is 9.74. The molecular formula is C23H29IN4O2. The van der Waals surface area contributed by atoms with Gasteiger partial charge in [-0.2, -0.15) is 5.26 Å². The van der Waals surface area contributed by atoms with Gasteiger partial charge in [0, 0.05) is 31.8 Å². The van der Waals surface area contributed by atoms with Gasteiger partial charge in [0.15, 0.2) is 5.96 Å². The minimum atomic E-state index is 0. The van der Waals surface area contributed by atoms with Gasteiger partial charge in [0.1, 0.15) is 11.5 Å². The first-order chi connectivity index (χ1) is 14.2. The molecule has 1 saturated carbocycles. The molecule has 0 radical (unpaired) electrons. The zero-order valence-corrected chi connectivity index (χ0v) is 19.8. The summed E-state index contributed by atoms with van der Waals surface area (Å²) in [6, 6.07) is 15.6. The lowest BCUT2D eigenvalue weighted by molar-refractivity contribution is 0.207. The Hall–Kier alpha value is -2.47. The van der Waals surface area contributed by atoms with Crippen molar-refractivity contribution in [2.45, 2.75) is 44.9 Å². The van der Waals surface area contributed by atoms with Crippen molar-refractivity contribution in [2.75, 3.05) is 14.2 Å². The van der Waals surface area contributed by atoms with Crippen LogP contribution in [0.25, 0.3) is 0 Å². The fraction of sp³-hybridized carbons (Fsp3) is 0.391. The van der Waals surface area contributed by atoms with Crippen molar-refractivity contribution in [3.8, 4) is 17.6 Å². The van der Waals surface area contributed by atoms with Gasteiger partial charge in [0.05, 0.1) is 24.8 Å². The SMILES string of the molecule is CN=C(NCc1ccc(C#N)cc1)NCc1ccc(OC)cc1OC1CCCC1.I. The molecule has 1 fully saturated rings. The maximum absolute atomic E-state index is 8.90. The number of ether oxygens (including phenoxy) is 2. The fourth-order valence-corrected chi connectivity index (χ4v) is 3.39. The molecular weight excluding hydrogens is 491 g/mol. The van der Waals surface area contributed by atoms with Gasteiger partial charge in [0.25, 0.3) is 0 Å². The second-order valence-electron chi connectivity index (χ2n) is 7.09. The highest BCUT2D eigenvalue weighted by Gasteiger charge is 2.18. The summed E-state index contributed by atoms with van der Waals surface area (Å²) < 4.78 is 11.6. The smallest absolute Gasteiger partial charge is 0.191 e. The number of methoxy groups -OCH3 is 1. The molecule has 6 nitrogen and oxygen atoms in total. The van der Waals surface area contributed by atoms with E-state index in [1.54, 1.807) is 14.2 Å². The minimum absolute atomic E-state index is 0. The zero-order valence-electron chi connectivity index (χ0n) is 17.5. The summed E-state index contributed by atoms with van der Waals surface area (Å²) in [7, 11) is 3.42. The number of rotatable bonds is 7. The quantitative estimate of drug-likeness (QED) is 0.322. The Balaban J connectivity index is 0.00000320. The van der Waals surface area contributed by atoms with E-state index >= 15 is 0 Å². The lowest BCUT2D eigenvalue weighted by Gasteiger charge is -2.19. The molecule has 160 valence electrons. The molecule has 0 amide bonds. The van der Waals surface area contributed by atoms with Crippen LogP contribution in [0.1, 0.15) is 42.4 Å². The van der Waals surface area contributed by atoms with Crippen molar-refractivity contribution in [3.05, 3.63) is 59.2 Å². The number of guanidine groups is 1. The molecule has 0 atom stereocenters. The molecule has 0 spiro atoms. The summed E-state index contributed by atoms with van der Waals surface area (Å²) in [5, 5.41) is 15.5. The average Bonchev–Trinajstić information content (AvgIpc) is 3.28. The van der Waals surface area contributed by atoms with Crippen molar-refractivity contribution < 1.29 is 9.47 Å². The second kappa shape index (κ2) is 12.3. The van der Waals surface area contributed by atoms with E-state index in [0.717, 1.165) is 35.5 Å². The monoisotopic (exact) mass is 520 g/mol. The maximum atomic E-state index is 8.90. The van der Waals surface area contributed by atoms with E-state index in [1.807, 2.05) is 42.5 Å². The Bertz CT molecular complexity index is 872. The molecule has 0 bridgehead atoms. The summed E-state index contributed by atoms with van der Waals surface area (Å²) in [6.07, 6.45) is 4.97. The van der Waals surface area contributed by atoms with Crippen LogP contribution in [0.3, 0.4) is 0 Å². The Morgan fingerprint density at radius 1 is 1.10 bits per heavy atom. The molecule has 2 N–H and O–H groups in total. The molecule has 2 aromatic carbocycles. The summed E-state index contributed by atoms with van der Waals surface area (Å²) >= 11 is 0. The van der Waals surface area contributed by atoms with E-state index in [1.165, 1.54) is 12.8 Å². The van der Waals surface area contributed by atoms with Gasteiger partial charge < -0.3 is 20.1 Å². The van der Waals surface area contributed by atoms with Crippen LogP contribution in [-0.4, -0.2) is 26.2 Å². The van der Waals surface area contributed by atoms with Crippen LogP contribution < -0.4 is 20.1 Å². The van der Waals surface area contributed by atoms with Crippen LogP contribution in [0.2, 0.25) is 0 Å². The van der Waals surface area contributed by atoms with Crippen LogP contribution in [-0.2, 0) is 13.1 Å². The normalized spacial score (nSPS) is 13.8. The standard InChI is InChI=1S/C23H28N4O2.HI/c1-25-23(26-15-18-9-7-17(14-24)8-10-18)27-16-19-11-12-21(28-2)13-22(19)29-20-5-3-4-6-20;/h7-13,20H,3-6,15-16H2,1-2H3,(H2,25,26,27);1H. The predicted molar refractivity (Wildman–Crippen MR) is 129 cm³/mol. The number of halogens is 1. The Morgan fingerprint density at radius 2 is 1.80 bits per heavy atom. The zero-order chi connectivity index (χ0) is 20.5. The van der Waals surface area contributed by atoms with Gasteiger partial charge in [0.2, 0.25) is 0 Å². The highest BCUT2D eigenvalue weighted by molar-refractivity contribution is 14.0. The predicted octanol–water partition coefficient (Wildman–Crippen LogP) is 4.37. The number of aliphatic imine (C=N–C) groups is 1. The third kappa shape index (κ3) is 6.80. The lowest BCUT2D eigenvalue weighted by Crippen LogP contribution is -2.36. The van der Waals surface area contributed by atoms with Crippen LogP contribution in [0.5, 0.6) is 11.5 Å². The van der Waals surface area contributed by atoms with Gasteiger partial charge >= 0.3 is 0 Å². The van der Waals surface area contributed by atoms with Gasteiger partial charge in [-0.3, -0.25) is 4.99 Å². The first kappa shape index (κ1) is 23.8. The number of nitrogens with one attached hydrogen (secondary N) is 2. The van der Waals surface area contributed by atoms with E-state index in [-0.39, 0.29) is 30.1 Å². The highest BCUT2D eigenvalue weighted by Crippen LogP contribution is 2.30. The largest absolute Gasteiger partial charge is 0.497 e. The van der Waals surface area contributed by atoms with Crippen molar-refractivity contribution in [1.29, 1.82) is 5.26 Å². The number of nitriles is 1. The van der Waals surface area contributed by atoms with Crippen molar-refractivity contribution >= 4 is 29.9 Å². The van der Waals surface area contributed by atoms with Gasteiger partial charge in [-0.15, -0.1) is 24.0 Å². The highest BCUT2D eigenvalue weighted by atomic mass is 127. The molecule has 2 aromatic rings. The molecule has 0 heterocycles. The van der Waals surface area contributed by atoms with Gasteiger partial charge in [-0.05, 0) is 55.5 Å². The number of nitrogens with zero attached hydrogens (tertiary/aromatic N) is 2. The van der Waals surface area contributed by atoms with Crippen molar-refractivity contribution in [3.63, 3.8) is 0 Å². The van der Waals surface area contributed by atoms with E-state index in [0.29, 0.717) is 24.6 Å². The van der Waals surface area contributed by atoms with Crippen LogP contribution in [0.15, 0.2) is 47.5 Å². The maximum Gasteiger partial charge on any atom is 0.191 e. The molecule has 1 aliphatic carbocycles. The molecule has 1 aliphatic rings. The van der Waals surface area contributed by atoms with E-state index in [4.69, 9.17) is 14.7 Å². The molecule has 0 aromatic heterocycles. The Morgan fingerprint density at radius 3 is 2.43 bits per heavy atom. The van der Waals surface area contributed by atoms with Crippen molar-refractivity contribution in [1.82, 2.24) is 10.6 Å².